The molecule has 1 fully saturated rings. The molecule has 0 saturated carbocycles. The second-order valence-corrected chi connectivity index (χ2v) is 11.5. The van der Waals surface area contributed by atoms with E-state index in [1.165, 1.54) is 11.8 Å². The van der Waals surface area contributed by atoms with Crippen molar-refractivity contribution in [1.29, 1.82) is 0 Å². The number of ether oxygens (including phenoxy) is 5. The highest BCUT2D eigenvalue weighted by molar-refractivity contribution is 7.99. The topological polar surface area (TPSA) is 63.2 Å². The van der Waals surface area contributed by atoms with Gasteiger partial charge in [-0.1, -0.05) is 121 Å². The number of hydrogen-bond donors (Lipinski definition) is 0. The van der Waals surface area contributed by atoms with Crippen molar-refractivity contribution in [2.75, 3.05) is 12.5 Å². The van der Waals surface area contributed by atoms with Crippen LogP contribution in [0.3, 0.4) is 0 Å². The summed E-state index contributed by atoms with van der Waals surface area (Å²) >= 11 is 7.46. The second kappa shape index (κ2) is 16.6. The lowest BCUT2D eigenvalue weighted by Gasteiger charge is -2.45. The van der Waals surface area contributed by atoms with Gasteiger partial charge in [-0.2, -0.15) is 0 Å². The lowest BCUT2D eigenvalue weighted by Crippen LogP contribution is -2.61. The van der Waals surface area contributed by atoms with Gasteiger partial charge in [0.2, 0.25) is 0 Å². The van der Waals surface area contributed by atoms with Crippen LogP contribution < -0.4 is 0 Å². The number of esters is 1. The minimum absolute atomic E-state index is 0.223. The van der Waals surface area contributed by atoms with Crippen molar-refractivity contribution in [3.05, 3.63) is 138 Å². The van der Waals surface area contributed by atoms with Crippen LogP contribution in [-0.4, -0.2) is 48.3 Å². The minimum Gasteiger partial charge on any atom is -0.456 e. The molecule has 43 heavy (non-hydrogen) atoms. The zero-order chi connectivity index (χ0) is 29.7. The number of halogens is 1. The first kappa shape index (κ1) is 31.3. The van der Waals surface area contributed by atoms with Gasteiger partial charge < -0.3 is 23.7 Å². The van der Waals surface area contributed by atoms with E-state index >= 15 is 0 Å². The predicted molar refractivity (Wildman–Crippen MR) is 168 cm³/mol. The molecule has 0 amide bonds. The Balaban J connectivity index is 1.44. The first-order valence-corrected chi connectivity index (χ1v) is 15.7. The molecule has 1 saturated heterocycles. The smallest absolute Gasteiger partial charge is 0.321 e. The first-order chi connectivity index (χ1) is 21.2. The number of carbonyl (C=O) groups is 1. The van der Waals surface area contributed by atoms with Crippen molar-refractivity contribution < 1.29 is 28.5 Å². The van der Waals surface area contributed by atoms with Crippen molar-refractivity contribution in [2.45, 2.75) is 54.6 Å². The van der Waals surface area contributed by atoms with Crippen molar-refractivity contribution in [3.63, 3.8) is 0 Å². The SMILES string of the molecule is O=C(CCl)O[C@H]1[C@@H](OCc2ccccc2)[C@@H](COCc2ccccc2)O[C@@H](Sc2ccccc2)[C@@H]1OCc1ccccc1. The van der Waals surface area contributed by atoms with Gasteiger partial charge in [0.15, 0.2) is 6.10 Å². The molecule has 4 aromatic carbocycles. The zero-order valence-corrected chi connectivity index (χ0v) is 25.3. The molecule has 0 radical (unpaired) electrons. The van der Waals surface area contributed by atoms with Crippen molar-refractivity contribution in [1.82, 2.24) is 0 Å². The predicted octanol–water partition coefficient (Wildman–Crippen LogP) is 7.04. The van der Waals surface area contributed by atoms with E-state index in [1.54, 1.807) is 0 Å². The molecule has 0 aliphatic carbocycles. The quantitative estimate of drug-likeness (QED) is 0.111. The summed E-state index contributed by atoms with van der Waals surface area (Å²) in [5, 5.41) is 0. The lowest BCUT2D eigenvalue weighted by atomic mass is 9.99. The van der Waals surface area contributed by atoms with Crippen molar-refractivity contribution in [3.8, 4) is 0 Å². The van der Waals surface area contributed by atoms with Crippen LogP contribution in [0, 0.1) is 0 Å². The summed E-state index contributed by atoms with van der Waals surface area (Å²) in [5.74, 6) is -0.845. The summed E-state index contributed by atoms with van der Waals surface area (Å²) in [6.07, 6.45) is -2.71. The van der Waals surface area contributed by atoms with Gasteiger partial charge >= 0.3 is 5.97 Å². The van der Waals surface area contributed by atoms with Gasteiger partial charge in [0.25, 0.3) is 0 Å². The molecule has 1 heterocycles. The van der Waals surface area contributed by atoms with E-state index in [9.17, 15) is 4.79 Å². The number of carbonyl (C=O) groups excluding carboxylic acids is 1. The fraction of sp³-hybridized carbons (Fsp3) is 0.286. The van der Waals surface area contributed by atoms with Crippen LogP contribution >= 0.6 is 23.4 Å². The summed E-state index contributed by atoms with van der Waals surface area (Å²) in [7, 11) is 0. The third-order valence-electron chi connectivity index (χ3n) is 6.93. The van der Waals surface area contributed by atoms with E-state index in [-0.39, 0.29) is 12.5 Å². The van der Waals surface area contributed by atoms with E-state index in [4.69, 9.17) is 35.3 Å². The largest absolute Gasteiger partial charge is 0.456 e. The Kier molecular flexibility index (Phi) is 12.1. The monoisotopic (exact) mass is 618 g/mol. The number of benzene rings is 4. The number of alkyl halides is 1. The molecule has 0 unspecified atom stereocenters. The Hall–Kier alpha value is -3.17. The first-order valence-electron chi connectivity index (χ1n) is 14.2. The van der Waals surface area contributed by atoms with Gasteiger partial charge in [0.1, 0.15) is 29.6 Å². The molecule has 0 N–H and O–H groups in total. The van der Waals surface area contributed by atoms with Crippen LogP contribution in [0.4, 0.5) is 0 Å². The molecule has 0 bridgehead atoms. The molecule has 0 spiro atoms. The summed E-state index contributed by atoms with van der Waals surface area (Å²) in [6, 6.07) is 39.6. The highest BCUT2D eigenvalue weighted by Gasteiger charge is 2.50. The van der Waals surface area contributed by atoms with Crippen LogP contribution in [0.1, 0.15) is 16.7 Å². The maximum absolute atomic E-state index is 12.7. The molecule has 1 aliphatic heterocycles. The standard InChI is InChI=1S/C35H35ClO6S/c36-21-31(37)42-33-32(39-23-27-15-7-2-8-16-27)30(25-38-22-26-13-5-1-6-14-26)41-35(43-29-19-11-4-12-20-29)34(33)40-24-28-17-9-3-10-18-28/h1-20,30,32-35H,21-25H2/t30-,32+,33+,34-,35+/m1/s1. The van der Waals surface area contributed by atoms with E-state index < -0.39 is 35.8 Å². The van der Waals surface area contributed by atoms with Gasteiger partial charge in [0, 0.05) is 4.90 Å². The molecular weight excluding hydrogens is 584 g/mol. The van der Waals surface area contributed by atoms with Gasteiger partial charge in [-0.05, 0) is 28.8 Å². The third-order valence-corrected chi connectivity index (χ3v) is 8.30. The average Bonchev–Trinajstić information content (AvgIpc) is 3.06. The lowest BCUT2D eigenvalue weighted by molar-refractivity contribution is -0.248. The van der Waals surface area contributed by atoms with Crippen LogP contribution in [-0.2, 0) is 48.3 Å². The minimum atomic E-state index is -0.807. The van der Waals surface area contributed by atoms with E-state index in [0.717, 1.165) is 21.6 Å². The Bertz CT molecular complexity index is 1360. The summed E-state index contributed by atoms with van der Waals surface area (Å²) in [5.41, 5.74) is 2.49. The molecule has 6 nitrogen and oxygen atoms in total. The Morgan fingerprint density at radius 1 is 0.651 bits per heavy atom. The summed E-state index contributed by atoms with van der Waals surface area (Å²) in [4.78, 5) is 13.7. The molecule has 5 atom stereocenters. The van der Waals surface area contributed by atoms with E-state index in [0.29, 0.717) is 19.8 Å². The fourth-order valence-corrected chi connectivity index (χ4v) is 6.05. The van der Waals surface area contributed by atoms with Crippen LogP contribution in [0.15, 0.2) is 126 Å². The maximum Gasteiger partial charge on any atom is 0.321 e. The van der Waals surface area contributed by atoms with Crippen LogP contribution in [0.25, 0.3) is 0 Å². The number of hydrogen-bond acceptors (Lipinski definition) is 7. The highest BCUT2D eigenvalue weighted by atomic mass is 35.5. The van der Waals surface area contributed by atoms with Gasteiger partial charge in [0.05, 0.1) is 26.4 Å². The van der Waals surface area contributed by atoms with Crippen LogP contribution in [0.5, 0.6) is 0 Å². The van der Waals surface area contributed by atoms with Gasteiger partial charge in [-0.15, -0.1) is 11.6 Å². The van der Waals surface area contributed by atoms with E-state index in [2.05, 4.69) is 0 Å². The molecular formula is C35H35ClO6S. The fourth-order valence-electron chi connectivity index (χ4n) is 4.84. The Morgan fingerprint density at radius 3 is 1.67 bits per heavy atom. The highest BCUT2D eigenvalue weighted by Crippen LogP contribution is 2.38. The summed E-state index contributed by atoms with van der Waals surface area (Å²) < 4.78 is 32.0. The molecule has 0 aromatic heterocycles. The van der Waals surface area contributed by atoms with Gasteiger partial charge in [-0.25, -0.2) is 0 Å². The molecule has 1 aliphatic rings. The molecule has 5 rings (SSSR count). The Morgan fingerprint density at radius 2 is 1.14 bits per heavy atom. The Labute approximate surface area is 262 Å². The average molecular weight is 619 g/mol. The van der Waals surface area contributed by atoms with Crippen molar-refractivity contribution >= 4 is 29.3 Å². The summed E-state index contributed by atoms with van der Waals surface area (Å²) in [6.45, 7) is 1.22. The van der Waals surface area contributed by atoms with Gasteiger partial charge in [-0.3, -0.25) is 4.79 Å². The third kappa shape index (κ3) is 9.41. The molecule has 224 valence electrons. The van der Waals surface area contributed by atoms with Crippen LogP contribution in [0.2, 0.25) is 0 Å². The normalized spacial score (nSPS) is 21.7. The van der Waals surface area contributed by atoms with Crippen molar-refractivity contribution in [2.24, 2.45) is 0 Å². The maximum atomic E-state index is 12.7. The number of rotatable bonds is 14. The number of thioether (sulfide) groups is 1. The molecule has 4 aromatic rings. The molecule has 8 heteroatoms. The zero-order valence-electron chi connectivity index (χ0n) is 23.7. The van der Waals surface area contributed by atoms with E-state index in [1.807, 2.05) is 121 Å². The second-order valence-electron chi connectivity index (χ2n) is 10.1.